The van der Waals surface area contributed by atoms with Gasteiger partial charge in [0.15, 0.2) is 11.6 Å². The molecule has 2 aromatic carbocycles. The summed E-state index contributed by atoms with van der Waals surface area (Å²) in [7, 11) is 1.64. The van der Waals surface area contributed by atoms with Gasteiger partial charge >= 0.3 is 0 Å². The largest absolute Gasteiger partial charge is 0.497 e. The second-order valence-electron chi connectivity index (χ2n) is 8.23. The number of carbonyl (C=O) groups excluding carboxylic acids is 1. The number of likely N-dealkylation sites (tertiary alicyclic amines) is 1. The molecule has 1 fully saturated rings. The summed E-state index contributed by atoms with van der Waals surface area (Å²) >= 11 is 0. The lowest BCUT2D eigenvalue weighted by Gasteiger charge is -2.32. The lowest BCUT2D eigenvalue weighted by molar-refractivity contribution is 0.0703. The van der Waals surface area contributed by atoms with Gasteiger partial charge in [-0.15, -0.1) is 0 Å². The number of pyridine rings is 1. The molecule has 168 valence electrons. The van der Waals surface area contributed by atoms with E-state index < -0.39 is 11.6 Å². The summed E-state index contributed by atoms with van der Waals surface area (Å²) in [5.41, 5.74) is 2.94. The predicted molar refractivity (Wildman–Crippen MR) is 121 cm³/mol. The standard InChI is InChI=1S/C26H23F2N3O2/c1-33-20-8-4-6-17(14-20)24-23-9-2-3-13-31(23)25(29-24)19-7-5-12-30(16-19)26(32)18-10-11-21(27)22(28)15-18/h2-4,6,8-11,13-15,19H,5,7,12,16H2,1H3. The minimum atomic E-state index is -1.02. The number of hydrogen-bond acceptors (Lipinski definition) is 3. The molecule has 1 amide bonds. The van der Waals surface area contributed by atoms with E-state index in [1.165, 1.54) is 6.07 Å². The molecule has 0 radical (unpaired) electrons. The molecule has 0 bridgehead atoms. The minimum absolute atomic E-state index is 0.0160. The van der Waals surface area contributed by atoms with Crippen molar-refractivity contribution >= 4 is 11.4 Å². The van der Waals surface area contributed by atoms with Crippen molar-refractivity contribution in [3.05, 3.63) is 89.9 Å². The summed E-state index contributed by atoms with van der Waals surface area (Å²) in [5, 5.41) is 0. The van der Waals surface area contributed by atoms with E-state index in [0.29, 0.717) is 13.1 Å². The van der Waals surface area contributed by atoms with Crippen molar-refractivity contribution in [2.45, 2.75) is 18.8 Å². The van der Waals surface area contributed by atoms with Crippen LogP contribution in [-0.2, 0) is 0 Å². The number of piperidine rings is 1. The Morgan fingerprint density at radius 1 is 1.06 bits per heavy atom. The molecule has 33 heavy (non-hydrogen) atoms. The zero-order valence-electron chi connectivity index (χ0n) is 18.2. The third kappa shape index (κ3) is 3.95. The molecule has 0 aliphatic carbocycles. The number of carbonyl (C=O) groups is 1. The molecular formula is C26H23F2N3O2. The van der Waals surface area contributed by atoms with Gasteiger partial charge in [0, 0.05) is 36.3 Å². The molecule has 5 nitrogen and oxygen atoms in total. The zero-order chi connectivity index (χ0) is 22.9. The average Bonchev–Trinajstić information content (AvgIpc) is 3.25. The Bertz CT molecular complexity index is 1330. The third-order valence-corrected chi connectivity index (χ3v) is 6.16. The number of ether oxygens (including phenoxy) is 1. The lowest BCUT2D eigenvalue weighted by Crippen LogP contribution is -2.39. The number of benzene rings is 2. The van der Waals surface area contributed by atoms with Crippen molar-refractivity contribution in [1.82, 2.24) is 14.3 Å². The number of halogens is 2. The molecule has 1 unspecified atom stereocenters. The van der Waals surface area contributed by atoms with Crippen LogP contribution in [-0.4, -0.2) is 40.4 Å². The first-order valence-corrected chi connectivity index (χ1v) is 10.9. The smallest absolute Gasteiger partial charge is 0.253 e. The third-order valence-electron chi connectivity index (χ3n) is 6.16. The maximum Gasteiger partial charge on any atom is 0.253 e. The fourth-order valence-corrected chi connectivity index (χ4v) is 4.52. The summed E-state index contributed by atoms with van der Waals surface area (Å²) in [6.45, 7) is 1.03. The Morgan fingerprint density at radius 2 is 1.94 bits per heavy atom. The molecule has 5 rings (SSSR count). The molecule has 0 N–H and O–H groups in total. The Hall–Kier alpha value is -3.74. The van der Waals surface area contributed by atoms with Crippen molar-refractivity contribution in [2.75, 3.05) is 20.2 Å². The molecule has 1 atom stereocenters. The number of rotatable bonds is 4. The Balaban J connectivity index is 1.49. The second kappa shape index (κ2) is 8.65. The maximum atomic E-state index is 13.7. The SMILES string of the molecule is COc1cccc(-c2nc(C3CCCN(C(=O)c4ccc(F)c(F)c4)C3)n3ccccc23)c1. The van der Waals surface area contributed by atoms with Crippen molar-refractivity contribution in [2.24, 2.45) is 0 Å². The van der Waals surface area contributed by atoms with E-state index in [1.54, 1.807) is 12.0 Å². The molecule has 0 spiro atoms. The van der Waals surface area contributed by atoms with Crippen LogP contribution in [0, 0.1) is 11.6 Å². The molecule has 3 heterocycles. The molecule has 1 aliphatic heterocycles. The van der Waals surface area contributed by atoms with Crippen LogP contribution in [0.15, 0.2) is 66.9 Å². The van der Waals surface area contributed by atoms with Gasteiger partial charge in [0.25, 0.3) is 5.91 Å². The first kappa shape index (κ1) is 21.1. The van der Waals surface area contributed by atoms with Gasteiger partial charge in [0.1, 0.15) is 11.6 Å². The van der Waals surface area contributed by atoms with Crippen molar-refractivity contribution in [3.8, 4) is 17.0 Å². The normalized spacial score (nSPS) is 16.2. The van der Waals surface area contributed by atoms with E-state index in [-0.39, 0.29) is 17.4 Å². The molecule has 1 aliphatic rings. The highest BCUT2D eigenvalue weighted by Gasteiger charge is 2.29. The monoisotopic (exact) mass is 447 g/mol. The number of amides is 1. The van der Waals surface area contributed by atoms with Gasteiger partial charge < -0.3 is 14.0 Å². The molecule has 2 aromatic heterocycles. The number of methoxy groups -OCH3 is 1. The van der Waals surface area contributed by atoms with Gasteiger partial charge in [-0.1, -0.05) is 18.2 Å². The van der Waals surface area contributed by atoms with E-state index in [0.717, 1.165) is 53.3 Å². The maximum absolute atomic E-state index is 13.7. The summed E-state index contributed by atoms with van der Waals surface area (Å²) in [6.07, 6.45) is 3.67. The van der Waals surface area contributed by atoms with Crippen LogP contribution in [0.25, 0.3) is 16.8 Å². The van der Waals surface area contributed by atoms with Crippen LogP contribution in [0.1, 0.15) is 34.9 Å². The summed E-state index contributed by atoms with van der Waals surface area (Å²) in [5.74, 6) is -0.623. The van der Waals surface area contributed by atoms with Crippen LogP contribution >= 0.6 is 0 Å². The van der Waals surface area contributed by atoms with Crippen molar-refractivity contribution in [1.29, 1.82) is 0 Å². The van der Waals surface area contributed by atoms with Gasteiger partial charge in [-0.05, 0) is 55.3 Å². The Kier molecular flexibility index (Phi) is 5.54. The first-order valence-electron chi connectivity index (χ1n) is 10.9. The lowest BCUT2D eigenvalue weighted by atomic mass is 9.96. The van der Waals surface area contributed by atoms with E-state index >= 15 is 0 Å². The number of aromatic nitrogens is 2. The van der Waals surface area contributed by atoms with Gasteiger partial charge in [-0.2, -0.15) is 0 Å². The first-order chi connectivity index (χ1) is 16.0. The van der Waals surface area contributed by atoms with Crippen LogP contribution in [0.5, 0.6) is 5.75 Å². The molecule has 4 aromatic rings. The van der Waals surface area contributed by atoms with Crippen LogP contribution in [0.4, 0.5) is 8.78 Å². The van der Waals surface area contributed by atoms with Gasteiger partial charge in [-0.25, -0.2) is 13.8 Å². The average molecular weight is 447 g/mol. The summed E-state index contributed by atoms with van der Waals surface area (Å²) in [6, 6.07) is 17.0. The number of imidazole rings is 1. The fourth-order valence-electron chi connectivity index (χ4n) is 4.52. The highest BCUT2D eigenvalue weighted by atomic mass is 19.2. The van der Waals surface area contributed by atoms with Crippen molar-refractivity contribution in [3.63, 3.8) is 0 Å². The molecular weight excluding hydrogens is 424 g/mol. The van der Waals surface area contributed by atoms with Gasteiger partial charge in [0.05, 0.1) is 18.3 Å². The van der Waals surface area contributed by atoms with Crippen molar-refractivity contribution < 1.29 is 18.3 Å². The molecule has 7 heteroatoms. The van der Waals surface area contributed by atoms with E-state index in [9.17, 15) is 13.6 Å². The van der Waals surface area contributed by atoms with E-state index in [2.05, 4.69) is 4.40 Å². The topological polar surface area (TPSA) is 46.8 Å². The fraction of sp³-hybridized carbons (Fsp3) is 0.231. The van der Waals surface area contributed by atoms with Crippen LogP contribution < -0.4 is 4.74 Å². The number of hydrogen-bond donors (Lipinski definition) is 0. The zero-order valence-corrected chi connectivity index (χ0v) is 18.2. The van der Waals surface area contributed by atoms with Gasteiger partial charge in [0.2, 0.25) is 0 Å². The predicted octanol–water partition coefficient (Wildman–Crippen LogP) is 5.31. The van der Waals surface area contributed by atoms with E-state index in [1.807, 2.05) is 48.7 Å². The summed E-state index contributed by atoms with van der Waals surface area (Å²) in [4.78, 5) is 19.7. The van der Waals surface area contributed by atoms with Gasteiger partial charge in [-0.3, -0.25) is 4.79 Å². The Morgan fingerprint density at radius 3 is 2.76 bits per heavy atom. The quantitative estimate of drug-likeness (QED) is 0.426. The minimum Gasteiger partial charge on any atom is -0.497 e. The number of fused-ring (bicyclic) bond motifs is 1. The second-order valence-corrected chi connectivity index (χ2v) is 8.23. The van der Waals surface area contributed by atoms with Crippen LogP contribution in [0.2, 0.25) is 0 Å². The summed E-state index contributed by atoms with van der Waals surface area (Å²) < 4.78 is 34.4. The highest BCUT2D eigenvalue weighted by molar-refractivity contribution is 5.94. The Labute approximate surface area is 190 Å². The van der Waals surface area contributed by atoms with Crippen LogP contribution in [0.3, 0.4) is 0 Å². The van der Waals surface area contributed by atoms with E-state index in [4.69, 9.17) is 9.72 Å². The number of nitrogens with zero attached hydrogens (tertiary/aromatic N) is 3. The molecule has 0 saturated carbocycles. The highest BCUT2D eigenvalue weighted by Crippen LogP contribution is 2.33. The molecule has 1 saturated heterocycles.